The van der Waals surface area contributed by atoms with Gasteiger partial charge >= 0.3 is 5.97 Å². The van der Waals surface area contributed by atoms with Gasteiger partial charge in [-0.1, -0.05) is 6.07 Å². The van der Waals surface area contributed by atoms with Crippen molar-refractivity contribution in [3.8, 4) is 23.3 Å². The van der Waals surface area contributed by atoms with E-state index in [-0.39, 0.29) is 5.56 Å². The van der Waals surface area contributed by atoms with E-state index in [4.69, 9.17) is 19.8 Å². The summed E-state index contributed by atoms with van der Waals surface area (Å²) in [4.78, 5) is 10.9. The van der Waals surface area contributed by atoms with Crippen molar-refractivity contribution in [2.24, 2.45) is 0 Å². The summed E-state index contributed by atoms with van der Waals surface area (Å²) in [6.45, 7) is 1.89. The number of carboxylic acids is 1. The molecule has 0 fully saturated rings. The summed E-state index contributed by atoms with van der Waals surface area (Å²) >= 11 is 0. The summed E-state index contributed by atoms with van der Waals surface area (Å²) in [6.07, 6.45) is 0. The highest BCUT2D eigenvalue weighted by molar-refractivity contribution is 5.88. The second-order valence-electron chi connectivity index (χ2n) is 4.38. The number of aryl methyl sites for hydroxylation is 1. The third kappa shape index (κ3) is 3.12. The Morgan fingerprint density at radius 1 is 1.14 bits per heavy atom. The van der Waals surface area contributed by atoms with Gasteiger partial charge in [-0.2, -0.15) is 5.26 Å². The van der Waals surface area contributed by atoms with Gasteiger partial charge < -0.3 is 14.6 Å². The number of benzene rings is 2. The molecule has 0 unspecified atom stereocenters. The number of hydrogen-bond donors (Lipinski definition) is 1. The van der Waals surface area contributed by atoms with Crippen molar-refractivity contribution in [3.63, 3.8) is 0 Å². The number of nitriles is 1. The first-order valence-electron chi connectivity index (χ1n) is 6.15. The second-order valence-corrected chi connectivity index (χ2v) is 4.38. The number of methoxy groups -OCH3 is 1. The first kappa shape index (κ1) is 14.4. The van der Waals surface area contributed by atoms with Crippen molar-refractivity contribution in [1.29, 1.82) is 5.26 Å². The van der Waals surface area contributed by atoms with Crippen LogP contribution < -0.4 is 9.47 Å². The van der Waals surface area contributed by atoms with E-state index in [1.54, 1.807) is 12.1 Å². The number of ether oxygens (including phenoxy) is 2. The van der Waals surface area contributed by atoms with Gasteiger partial charge in [-0.15, -0.1) is 0 Å². The van der Waals surface area contributed by atoms with Crippen molar-refractivity contribution in [2.45, 2.75) is 6.92 Å². The molecule has 0 amide bonds. The zero-order valence-electron chi connectivity index (χ0n) is 11.6. The van der Waals surface area contributed by atoms with Gasteiger partial charge in [-0.3, -0.25) is 0 Å². The summed E-state index contributed by atoms with van der Waals surface area (Å²) < 4.78 is 10.8. The minimum Gasteiger partial charge on any atom is -0.493 e. The molecule has 0 spiro atoms. The predicted octanol–water partition coefficient (Wildman–Crippen LogP) is 3.37. The Balaban J connectivity index is 2.42. The summed E-state index contributed by atoms with van der Waals surface area (Å²) in [5, 5.41) is 18.1. The van der Waals surface area contributed by atoms with Crippen molar-refractivity contribution in [1.82, 2.24) is 0 Å². The summed E-state index contributed by atoms with van der Waals surface area (Å²) in [5.41, 5.74) is 1.44. The average Bonchev–Trinajstić information content (AvgIpc) is 2.47. The molecule has 1 N–H and O–H groups in total. The molecule has 0 aromatic heterocycles. The molecular weight excluding hydrogens is 270 g/mol. The van der Waals surface area contributed by atoms with E-state index in [0.29, 0.717) is 22.8 Å². The molecule has 106 valence electrons. The quantitative estimate of drug-likeness (QED) is 0.930. The van der Waals surface area contributed by atoms with Crippen LogP contribution in [0.2, 0.25) is 0 Å². The topological polar surface area (TPSA) is 79.6 Å². The highest BCUT2D eigenvalue weighted by atomic mass is 16.5. The third-order valence-corrected chi connectivity index (χ3v) is 2.89. The molecule has 0 aliphatic rings. The van der Waals surface area contributed by atoms with Gasteiger partial charge in [-0.25, -0.2) is 4.79 Å². The van der Waals surface area contributed by atoms with E-state index in [0.717, 1.165) is 5.56 Å². The van der Waals surface area contributed by atoms with Gasteiger partial charge in [0.2, 0.25) is 0 Å². The molecule has 0 heterocycles. The van der Waals surface area contributed by atoms with Crippen LogP contribution in [0, 0.1) is 18.3 Å². The molecular formula is C16H13NO4. The molecule has 0 saturated carbocycles. The minimum absolute atomic E-state index is 0.101. The fourth-order valence-corrected chi connectivity index (χ4v) is 1.81. The van der Waals surface area contributed by atoms with Crippen LogP contribution in [0.3, 0.4) is 0 Å². The zero-order chi connectivity index (χ0) is 15.4. The second kappa shape index (κ2) is 5.97. The first-order chi connectivity index (χ1) is 10.0. The predicted molar refractivity (Wildman–Crippen MR) is 75.9 cm³/mol. The smallest absolute Gasteiger partial charge is 0.335 e. The summed E-state index contributed by atoms with van der Waals surface area (Å²) in [5.74, 6) is -0.00288. The number of aromatic carboxylic acids is 1. The Bertz CT molecular complexity index is 732. The Labute approximate surface area is 122 Å². The van der Waals surface area contributed by atoms with E-state index >= 15 is 0 Å². The van der Waals surface area contributed by atoms with Crippen LogP contribution in [0.4, 0.5) is 0 Å². The molecule has 0 aliphatic heterocycles. The first-order valence-corrected chi connectivity index (χ1v) is 6.15. The van der Waals surface area contributed by atoms with Gasteiger partial charge in [0.15, 0.2) is 11.5 Å². The minimum atomic E-state index is -1.05. The zero-order valence-corrected chi connectivity index (χ0v) is 11.6. The molecule has 2 aromatic rings. The molecule has 21 heavy (non-hydrogen) atoms. The molecule has 2 rings (SSSR count). The normalized spacial score (nSPS) is 9.76. The van der Waals surface area contributed by atoms with Crippen LogP contribution in [0.15, 0.2) is 36.4 Å². The van der Waals surface area contributed by atoms with E-state index in [1.807, 2.05) is 13.0 Å². The average molecular weight is 283 g/mol. The number of carbonyl (C=O) groups is 1. The van der Waals surface area contributed by atoms with Gasteiger partial charge in [0.25, 0.3) is 0 Å². The van der Waals surface area contributed by atoms with Crippen LogP contribution >= 0.6 is 0 Å². The molecule has 0 saturated heterocycles. The molecule has 0 aliphatic carbocycles. The third-order valence-electron chi connectivity index (χ3n) is 2.89. The Kier molecular flexibility index (Phi) is 4.10. The number of rotatable bonds is 4. The van der Waals surface area contributed by atoms with Crippen LogP contribution in [-0.2, 0) is 0 Å². The van der Waals surface area contributed by atoms with E-state index < -0.39 is 5.97 Å². The maximum atomic E-state index is 10.9. The lowest BCUT2D eigenvalue weighted by Crippen LogP contribution is -1.99. The molecule has 5 nitrogen and oxygen atoms in total. The molecule has 0 atom stereocenters. The Hall–Kier alpha value is -3.00. The highest BCUT2D eigenvalue weighted by Crippen LogP contribution is 2.34. The van der Waals surface area contributed by atoms with Crippen LogP contribution in [0.1, 0.15) is 21.5 Å². The lowest BCUT2D eigenvalue weighted by atomic mass is 10.1. The monoisotopic (exact) mass is 283 g/mol. The SMILES string of the molecule is COc1cc(C(=O)O)ccc1Oc1cc(C)ccc1C#N. The number of nitrogens with zero attached hydrogens (tertiary/aromatic N) is 1. The van der Waals surface area contributed by atoms with Crippen molar-refractivity contribution in [3.05, 3.63) is 53.1 Å². The molecule has 0 radical (unpaired) electrons. The Morgan fingerprint density at radius 2 is 1.90 bits per heavy atom. The van der Waals surface area contributed by atoms with Crippen LogP contribution in [0.25, 0.3) is 0 Å². The van der Waals surface area contributed by atoms with E-state index in [2.05, 4.69) is 6.07 Å². The lowest BCUT2D eigenvalue weighted by Gasteiger charge is -2.12. The fourth-order valence-electron chi connectivity index (χ4n) is 1.81. The van der Waals surface area contributed by atoms with Gasteiger partial charge in [-0.05, 0) is 42.8 Å². The molecule has 0 bridgehead atoms. The standard InChI is InChI=1S/C16H13NO4/c1-10-3-4-12(9-17)14(7-10)21-13-6-5-11(16(18)19)8-15(13)20-2/h3-8H,1-2H3,(H,18,19). The van der Waals surface area contributed by atoms with Crippen LogP contribution in [0.5, 0.6) is 17.2 Å². The molecule has 5 heteroatoms. The van der Waals surface area contributed by atoms with Crippen molar-refractivity contribution < 1.29 is 19.4 Å². The van der Waals surface area contributed by atoms with Gasteiger partial charge in [0.1, 0.15) is 11.8 Å². The maximum Gasteiger partial charge on any atom is 0.335 e. The molecule has 2 aromatic carbocycles. The highest BCUT2D eigenvalue weighted by Gasteiger charge is 2.12. The summed E-state index contributed by atoms with van der Waals surface area (Å²) in [7, 11) is 1.43. The maximum absolute atomic E-state index is 10.9. The number of carboxylic acid groups (broad SMARTS) is 1. The Morgan fingerprint density at radius 3 is 2.52 bits per heavy atom. The fraction of sp³-hybridized carbons (Fsp3) is 0.125. The van der Waals surface area contributed by atoms with Crippen molar-refractivity contribution >= 4 is 5.97 Å². The summed E-state index contributed by atoms with van der Waals surface area (Å²) in [6, 6.07) is 11.6. The van der Waals surface area contributed by atoms with Crippen LogP contribution in [-0.4, -0.2) is 18.2 Å². The number of hydrogen-bond acceptors (Lipinski definition) is 4. The van der Waals surface area contributed by atoms with E-state index in [9.17, 15) is 4.79 Å². The van der Waals surface area contributed by atoms with Crippen molar-refractivity contribution in [2.75, 3.05) is 7.11 Å². The van der Waals surface area contributed by atoms with E-state index in [1.165, 1.54) is 25.3 Å². The van der Waals surface area contributed by atoms with Gasteiger partial charge in [0.05, 0.1) is 18.2 Å². The largest absolute Gasteiger partial charge is 0.493 e. The lowest BCUT2D eigenvalue weighted by molar-refractivity contribution is 0.0696. The van der Waals surface area contributed by atoms with Gasteiger partial charge in [0, 0.05) is 0 Å².